The monoisotopic (exact) mass is 330 g/mol. The topological polar surface area (TPSA) is 63.4 Å². The van der Waals surface area contributed by atoms with Crippen LogP contribution in [-0.2, 0) is 18.7 Å². The number of rotatable bonds is 6. The lowest BCUT2D eigenvalue weighted by Crippen LogP contribution is -2.45. The maximum Gasteiger partial charge on any atom is 0.141 e. The van der Waals surface area contributed by atoms with Crippen LogP contribution in [0, 0.1) is 0 Å². The zero-order chi connectivity index (χ0) is 17.2. The van der Waals surface area contributed by atoms with E-state index in [1.165, 1.54) is 0 Å². The molecule has 1 saturated heterocycles. The first-order chi connectivity index (χ1) is 11.6. The molecule has 0 spiro atoms. The number of hydrogen-bond acceptors (Lipinski definition) is 5. The van der Waals surface area contributed by atoms with Gasteiger partial charge >= 0.3 is 0 Å². The van der Waals surface area contributed by atoms with E-state index in [1.54, 1.807) is 13.4 Å². The van der Waals surface area contributed by atoms with Gasteiger partial charge in [-0.3, -0.25) is 4.90 Å². The van der Waals surface area contributed by atoms with E-state index in [4.69, 9.17) is 4.74 Å². The molecule has 0 radical (unpaired) electrons. The van der Waals surface area contributed by atoms with Gasteiger partial charge in [-0.25, -0.2) is 9.67 Å². The van der Waals surface area contributed by atoms with E-state index in [-0.39, 0.29) is 6.04 Å². The number of aryl methyl sites for hydroxylation is 1. The number of aliphatic hydroxyl groups is 1. The number of likely N-dealkylation sites (tertiary alicyclic amines) is 1. The first-order valence-corrected chi connectivity index (χ1v) is 8.54. The standard InChI is InChI=1S/C18H26N4O2/c1-4-22-17(19-13-20-22)12-21-11-5-6-16(21)18(2,23)14-7-9-15(24-3)10-8-14/h7-10,13,16,23H,4-6,11-12H2,1-3H3/t16-,18-/m1/s1. The van der Waals surface area contributed by atoms with E-state index < -0.39 is 5.60 Å². The number of aromatic nitrogens is 3. The van der Waals surface area contributed by atoms with Crippen LogP contribution >= 0.6 is 0 Å². The fraction of sp³-hybridized carbons (Fsp3) is 0.556. The van der Waals surface area contributed by atoms with E-state index in [9.17, 15) is 5.11 Å². The van der Waals surface area contributed by atoms with E-state index in [0.29, 0.717) is 6.54 Å². The molecule has 0 aliphatic carbocycles. The van der Waals surface area contributed by atoms with Crippen molar-refractivity contribution >= 4 is 0 Å². The quantitative estimate of drug-likeness (QED) is 0.879. The Bertz CT molecular complexity index is 666. The van der Waals surface area contributed by atoms with Gasteiger partial charge in [0.15, 0.2) is 0 Å². The Morgan fingerprint density at radius 3 is 2.75 bits per heavy atom. The number of methoxy groups -OCH3 is 1. The molecule has 6 nitrogen and oxygen atoms in total. The molecule has 1 aliphatic rings. The van der Waals surface area contributed by atoms with Gasteiger partial charge < -0.3 is 9.84 Å². The fourth-order valence-electron chi connectivity index (χ4n) is 3.63. The summed E-state index contributed by atoms with van der Waals surface area (Å²) in [6.07, 6.45) is 3.65. The molecule has 1 fully saturated rings. The summed E-state index contributed by atoms with van der Waals surface area (Å²) in [5.41, 5.74) is -0.00279. The van der Waals surface area contributed by atoms with E-state index in [0.717, 1.165) is 43.1 Å². The third kappa shape index (κ3) is 3.16. The number of hydrogen-bond donors (Lipinski definition) is 1. The third-order valence-corrected chi connectivity index (χ3v) is 5.03. The van der Waals surface area contributed by atoms with Crippen molar-refractivity contribution in [2.24, 2.45) is 0 Å². The van der Waals surface area contributed by atoms with Crippen molar-refractivity contribution in [1.29, 1.82) is 0 Å². The van der Waals surface area contributed by atoms with Crippen molar-refractivity contribution in [3.05, 3.63) is 42.0 Å². The van der Waals surface area contributed by atoms with Gasteiger partial charge in [0.05, 0.1) is 13.7 Å². The van der Waals surface area contributed by atoms with Gasteiger partial charge in [0.25, 0.3) is 0 Å². The Kier molecular flexibility index (Phi) is 4.87. The second-order valence-electron chi connectivity index (χ2n) is 6.50. The summed E-state index contributed by atoms with van der Waals surface area (Å²) >= 11 is 0. The molecular formula is C18H26N4O2. The average Bonchev–Trinajstić information content (AvgIpc) is 3.24. The van der Waals surface area contributed by atoms with Crippen LogP contribution in [0.25, 0.3) is 0 Å². The summed E-state index contributed by atoms with van der Waals surface area (Å²) in [5.74, 6) is 1.75. The van der Waals surface area contributed by atoms with Crippen LogP contribution in [0.1, 0.15) is 38.1 Å². The van der Waals surface area contributed by atoms with Gasteiger partial charge in [-0.05, 0) is 50.9 Å². The Morgan fingerprint density at radius 1 is 1.33 bits per heavy atom. The van der Waals surface area contributed by atoms with E-state index in [2.05, 4.69) is 21.9 Å². The van der Waals surface area contributed by atoms with Crippen molar-refractivity contribution in [2.45, 2.75) is 51.4 Å². The second-order valence-corrected chi connectivity index (χ2v) is 6.50. The number of nitrogens with zero attached hydrogens (tertiary/aromatic N) is 4. The highest BCUT2D eigenvalue weighted by atomic mass is 16.5. The molecule has 1 aromatic carbocycles. The van der Waals surface area contributed by atoms with E-state index in [1.807, 2.05) is 35.9 Å². The van der Waals surface area contributed by atoms with E-state index >= 15 is 0 Å². The molecule has 2 heterocycles. The maximum absolute atomic E-state index is 11.2. The summed E-state index contributed by atoms with van der Waals surface area (Å²) < 4.78 is 7.13. The van der Waals surface area contributed by atoms with Crippen molar-refractivity contribution < 1.29 is 9.84 Å². The lowest BCUT2D eigenvalue weighted by atomic mass is 9.86. The van der Waals surface area contributed by atoms with Gasteiger partial charge in [-0.15, -0.1) is 0 Å². The molecule has 2 atom stereocenters. The highest BCUT2D eigenvalue weighted by Crippen LogP contribution is 2.35. The molecule has 1 aromatic heterocycles. The zero-order valence-electron chi connectivity index (χ0n) is 14.6. The zero-order valence-corrected chi connectivity index (χ0v) is 14.6. The first-order valence-electron chi connectivity index (χ1n) is 8.54. The summed E-state index contributed by atoms with van der Waals surface area (Å²) in [4.78, 5) is 6.69. The first kappa shape index (κ1) is 16.9. The minimum atomic E-state index is -0.917. The summed E-state index contributed by atoms with van der Waals surface area (Å²) in [6.45, 7) is 6.45. The number of benzene rings is 1. The summed E-state index contributed by atoms with van der Waals surface area (Å²) in [7, 11) is 1.65. The van der Waals surface area contributed by atoms with Gasteiger partial charge in [-0.1, -0.05) is 12.1 Å². The van der Waals surface area contributed by atoms with Crippen molar-refractivity contribution in [3.63, 3.8) is 0 Å². The van der Waals surface area contributed by atoms with Gasteiger partial charge in [0, 0.05) is 12.6 Å². The molecule has 6 heteroatoms. The molecule has 2 aromatic rings. The molecule has 24 heavy (non-hydrogen) atoms. The van der Waals surface area contributed by atoms with Crippen molar-refractivity contribution in [1.82, 2.24) is 19.7 Å². The molecule has 0 unspecified atom stereocenters. The van der Waals surface area contributed by atoms with Crippen molar-refractivity contribution in [2.75, 3.05) is 13.7 Å². The third-order valence-electron chi connectivity index (χ3n) is 5.03. The minimum Gasteiger partial charge on any atom is -0.497 e. The summed E-state index contributed by atoms with van der Waals surface area (Å²) in [6, 6.07) is 7.76. The lowest BCUT2D eigenvalue weighted by Gasteiger charge is -2.36. The molecule has 3 rings (SSSR count). The molecule has 1 aliphatic heterocycles. The second kappa shape index (κ2) is 6.91. The van der Waals surface area contributed by atoms with Gasteiger partial charge in [0.2, 0.25) is 0 Å². The minimum absolute atomic E-state index is 0.0629. The Balaban J connectivity index is 1.80. The maximum atomic E-state index is 11.2. The van der Waals surface area contributed by atoms with Crippen molar-refractivity contribution in [3.8, 4) is 5.75 Å². The largest absolute Gasteiger partial charge is 0.497 e. The average molecular weight is 330 g/mol. The number of ether oxygens (including phenoxy) is 1. The predicted octanol–water partition coefficient (Wildman–Crippen LogP) is 2.18. The Morgan fingerprint density at radius 2 is 2.08 bits per heavy atom. The molecular weight excluding hydrogens is 304 g/mol. The molecule has 130 valence electrons. The normalized spacial score (nSPS) is 20.9. The molecule has 1 N–H and O–H groups in total. The molecule has 0 saturated carbocycles. The van der Waals surface area contributed by atoms with Crippen LogP contribution in [0.4, 0.5) is 0 Å². The van der Waals surface area contributed by atoms with Crippen LogP contribution in [0.3, 0.4) is 0 Å². The highest BCUT2D eigenvalue weighted by Gasteiger charge is 2.40. The van der Waals surface area contributed by atoms with Crippen LogP contribution in [0.15, 0.2) is 30.6 Å². The fourth-order valence-corrected chi connectivity index (χ4v) is 3.63. The van der Waals surface area contributed by atoms with Crippen LogP contribution in [-0.4, -0.2) is 44.5 Å². The predicted molar refractivity (Wildman–Crippen MR) is 91.7 cm³/mol. The van der Waals surface area contributed by atoms with Gasteiger partial charge in [0.1, 0.15) is 23.5 Å². The molecule has 0 amide bonds. The Hall–Kier alpha value is -1.92. The van der Waals surface area contributed by atoms with Crippen LogP contribution in [0.5, 0.6) is 5.75 Å². The van der Waals surface area contributed by atoms with Gasteiger partial charge in [-0.2, -0.15) is 5.10 Å². The SMILES string of the molecule is CCn1ncnc1CN1CCC[C@@H]1[C@](C)(O)c1ccc(OC)cc1. The highest BCUT2D eigenvalue weighted by molar-refractivity contribution is 5.31. The van der Waals surface area contributed by atoms with Crippen LogP contribution in [0.2, 0.25) is 0 Å². The smallest absolute Gasteiger partial charge is 0.141 e. The Labute approximate surface area is 143 Å². The molecule has 0 bridgehead atoms. The summed E-state index contributed by atoms with van der Waals surface area (Å²) in [5, 5.41) is 15.5. The lowest BCUT2D eigenvalue weighted by molar-refractivity contribution is -0.0264. The van der Waals surface area contributed by atoms with Crippen LogP contribution < -0.4 is 4.74 Å².